The van der Waals surface area contributed by atoms with E-state index in [0.717, 1.165) is 38.8 Å². The van der Waals surface area contributed by atoms with Gasteiger partial charge < -0.3 is 13.6 Å². The average molecular weight is 499 g/mol. The maximum absolute atomic E-state index is 6.61. The third kappa shape index (κ3) is 2.71. The lowest BCUT2D eigenvalue weighted by Gasteiger charge is -2.09. The first-order valence-electron chi connectivity index (χ1n) is 13.3. The van der Waals surface area contributed by atoms with Crippen LogP contribution in [0.4, 0.5) is 0 Å². The summed E-state index contributed by atoms with van der Waals surface area (Å²) in [5.41, 5.74) is 8.81. The molecule has 0 bridgehead atoms. The zero-order valence-electron chi connectivity index (χ0n) is 21.0. The second-order valence-corrected chi connectivity index (χ2v) is 10.1. The van der Waals surface area contributed by atoms with E-state index in [1.807, 2.05) is 6.07 Å². The Labute approximate surface area is 223 Å². The SMILES string of the molecule is c1ccc(-n2c3ccccc3c3c4c5ccc6c7ccccc7oc6c5n(-c5ccccc5)c4ccc32)cc1. The summed E-state index contributed by atoms with van der Waals surface area (Å²) >= 11 is 0. The number of aromatic nitrogens is 2. The molecule has 0 spiro atoms. The van der Waals surface area contributed by atoms with E-state index >= 15 is 0 Å². The highest BCUT2D eigenvalue weighted by Crippen LogP contribution is 2.45. The highest BCUT2D eigenvalue weighted by atomic mass is 16.3. The predicted molar refractivity (Wildman–Crippen MR) is 162 cm³/mol. The van der Waals surface area contributed by atoms with Gasteiger partial charge in [-0.1, -0.05) is 78.9 Å². The second kappa shape index (κ2) is 7.62. The smallest absolute Gasteiger partial charge is 0.160 e. The first-order valence-corrected chi connectivity index (χ1v) is 13.3. The number of para-hydroxylation sites is 4. The fourth-order valence-electron chi connectivity index (χ4n) is 6.53. The van der Waals surface area contributed by atoms with Crippen molar-refractivity contribution in [2.75, 3.05) is 0 Å². The Morgan fingerprint density at radius 1 is 0.385 bits per heavy atom. The third-order valence-corrected chi connectivity index (χ3v) is 8.10. The zero-order chi connectivity index (χ0) is 25.5. The Morgan fingerprint density at radius 3 is 1.72 bits per heavy atom. The van der Waals surface area contributed by atoms with Crippen LogP contribution in [-0.2, 0) is 0 Å². The minimum Gasteiger partial charge on any atom is -0.454 e. The molecule has 9 rings (SSSR count). The molecule has 3 heterocycles. The van der Waals surface area contributed by atoms with Gasteiger partial charge in [0.05, 0.1) is 22.1 Å². The maximum Gasteiger partial charge on any atom is 0.160 e. The van der Waals surface area contributed by atoms with Gasteiger partial charge in [0, 0.05) is 43.7 Å². The Balaban J connectivity index is 1.56. The van der Waals surface area contributed by atoms with Gasteiger partial charge >= 0.3 is 0 Å². The lowest BCUT2D eigenvalue weighted by atomic mass is 10.0. The van der Waals surface area contributed by atoms with Crippen LogP contribution in [0.3, 0.4) is 0 Å². The molecule has 0 aliphatic heterocycles. The van der Waals surface area contributed by atoms with E-state index in [9.17, 15) is 0 Å². The number of fused-ring (bicyclic) bond motifs is 11. The maximum atomic E-state index is 6.61. The normalized spacial score (nSPS) is 12.1. The van der Waals surface area contributed by atoms with Crippen molar-refractivity contribution >= 4 is 65.6 Å². The van der Waals surface area contributed by atoms with Gasteiger partial charge in [-0.05, 0) is 54.6 Å². The Bertz CT molecular complexity index is 2370. The summed E-state index contributed by atoms with van der Waals surface area (Å²) < 4.78 is 11.4. The summed E-state index contributed by atoms with van der Waals surface area (Å²) in [6.45, 7) is 0. The fraction of sp³-hybridized carbons (Fsp3) is 0. The van der Waals surface area contributed by atoms with Gasteiger partial charge in [-0.15, -0.1) is 0 Å². The lowest BCUT2D eigenvalue weighted by molar-refractivity contribution is 0.671. The van der Waals surface area contributed by atoms with E-state index in [-0.39, 0.29) is 0 Å². The number of nitrogens with zero attached hydrogens (tertiary/aromatic N) is 2. The molecule has 3 aromatic heterocycles. The van der Waals surface area contributed by atoms with Crippen LogP contribution in [0.5, 0.6) is 0 Å². The van der Waals surface area contributed by atoms with Crippen molar-refractivity contribution in [1.82, 2.24) is 9.13 Å². The van der Waals surface area contributed by atoms with Crippen LogP contribution in [0.1, 0.15) is 0 Å². The quantitative estimate of drug-likeness (QED) is 0.233. The fourth-order valence-corrected chi connectivity index (χ4v) is 6.53. The monoisotopic (exact) mass is 498 g/mol. The molecule has 0 aliphatic carbocycles. The summed E-state index contributed by atoms with van der Waals surface area (Å²) in [6, 6.07) is 47.4. The highest BCUT2D eigenvalue weighted by molar-refractivity contribution is 6.31. The van der Waals surface area contributed by atoms with E-state index in [4.69, 9.17) is 4.42 Å². The summed E-state index contributed by atoms with van der Waals surface area (Å²) in [6.07, 6.45) is 0. The molecule has 0 fully saturated rings. The molecule has 0 saturated heterocycles. The summed E-state index contributed by atoms with van der Waals surface area (Å²) in [4.78, 5) is 0. The standard InChI is InChI=1S/C36H22N2O/c1-3-11-23(12-4-1)37-29-17-9-7-16-27(29)33-30(37)21-22-31-34(33)28-20-19-26-25-15-8-10-18-32(25)39-36(26)35(28)38(31)24-13-5-2-6-14-24/h1-22H. The molecular formula is C36H22N2O. The van der Waals surface area contributed by atoms with Crippen molar-refractivity contribution in [1.29, 1.82) is 0 Å². The van der Waals surface area contributed by atoms with Crippen molar-refractivity contribution < 1.29 is 4.42 Å². The molecule has 0 N–H and O–H groups in total. The van der Waals surface area contributed by atoms with E-state index in [2.05, 4.69) is 137 Å². The van der Waals surface area contributed by atoms with Gasteiger partial charge in [-0.25, -0.2) is 0 Å². The van der Waals surface area contributed by atoms with E-state index < -0.39 is 0 Å². The van der Waals surface area contributed by atoms with Crippen LogP contribution in [-0.4, -0.2) is 9.13 Å². The highest BCUT2D eigenvalue weighted by Gasteiger charge is 2.23. The minimum absolute atomic E-state index is 0.913. The zero-order valence-corrected chi connectivity index (χ0v) is 21.0. The minimum atomic E-state index is 0.913. The summed E-state index contributed by atoms with van der Waals surface area (Å²) in [7, 11) is 0. The van der Waals surface area contributed by atoms with Crippen molar-refractivity contribution in [2.45, 2.75) is 0 Å². The Kier molecular flexibility index (Phi) is 4.05. The van der Waals surface area contributed by atoms with E-state index in [1.54, 1.807) is 0 Å². The topological polar surface area (TPSA) is 23.0 Å². The molecule has 9 aromatic rings. The van der Waals surface area contributed by atoms with Gasteiger partial charge in [-0.2, -0.15) is 0 Å². The van der Waals surface area contributed by atoms with Crippen molar-refractivity contribution in [3.8, 4) is 11.4 Å². The number of rotatable bonds is 2. The number of furan rings is 1. The molecule has 6 aromatic carbocycles. The van der Waals surface area contributed by atoms with Crippen molar-refractivity contribution in [3.63, 3.8) is 0 Å². The average Bonchev–Trinajstić information content (AvgIpc) is 3.65. The predicted octanol–water partition coefficient (Wildman–Crippen LogP) is 9.78. The largest absolute Gasteiger partial charge is 0.454 e. The summed E-state index contributed by atoms with van der Waals surface area (Å²) in [5.74, 6) is 0. The molecular weight excluding hydrogens is 476 g/mol. The van der Waals surface area contributed by atoms with Crippen molar-refractivity contribution in [2.24, 2.45) is 0 Å². The van der Waals surface area contributed by atoms with Crippen LogP contribution in [0.15, 0.2) is 138 Å². The molecule has 39 heavy (non-hydrogen) atoms. The molecule has 0 radical (unpaired) electrons. The van der Waals surface area contributed by atoms with Crippen molar-refractivity contribution in [3.05, 3.63) is 133 Å². The number of hydrogen-bond acceptors (Lipinski definition) is 1. The molecule has 0 unspecified atom stereocenters. The van der Waals surface area contributed by atoms with Gasteiger partial charge in [0.2, 0.25) is 0 Å². The number of hydrogen-bond donors (Lipinski definition) is 0. The van der Waals surface area contributed by atoms with Gasteiger partial charge in [0.25, 0.3) is 0 Å². The molecule has 0 saturated carbocycles. The molecule has 3 nitrogen and oxygen atoms in total. The van der Waals surface area contributed by atoms with Gasteiger partial charge in [0.1, 0.15) is 5.58 Å². The molecule has 182 valence electrons. The van der Waals surface area contributed by atoms with Crippen LogP contribution < -0.4 is 0 Å². The van der Waals surface area contributed by atoms with Gasteiger partial charge in [0.15, 0.2) is 5.58 Å². The van der Waals surface area contributed by atoms with Gasteiger partial charge in [-0.3, -0.25) is 0 Å². The first-order chi connectivity index (χ1) is 19.4. The second-order valence-electron chi connectivity index (χ2n) is 10.1. The van der Waals surface area contributed by atoms with E-state index in [0.29, 0.717) is 0 Å². The third-order valence-electron chi connectivity index (χ3n) is 8.10. The van der Waals surface area contributed by atoms with Crippen LogP contribution in [0.2, 0.25) is 0 Å². The molecule has 0 amide bonds. The molecule has 3 heteroatoms. The van der Waals surface area contributed by atoms with Crippen LogP contribution >= 0.6 is 0 Å². The number of benzene rings is 6. The van der Waals surface area contributed by atoms with Crippen LogP contribution in [0, 0.1) is 0 Å². The van der Waals surface area contributed by atoms with E-state index in [1.165, 1.54) is 38.1 Å². The van der Waals surface area contributed by atoms with Crippen LogP contribution in [0.25, 0.3) is 76.9 Å². The molecule has 0 aliphatic rings. The Morgan fingerprint density at radius 2 is 0.949 bits per heavy atom. The molecule has 0 atom stereocenters. The first kappa shape index (κ1) is 20.7. The Hall–Kier alpha value is -5.28. The summed E-state index contributed by atoms with van der Waals surface area (Å²) in [5, 5.41) is 7.24. The lowest BCUT2D eigenvalue weighted by Crippen LogP contribution is -1.94.